The number of hydrogen-bond donors (Lipinski definition) is 0. The molecular weight excluding hydrogens is 250 g/mol. The van der Waals surface area contributed by atoms with E-state index in [0.29, 0.717) is 0 Å². The zero-order valence-corrected chi connectivity index (χ0v) is 12.6. The van der Waals surface area contributed by atoms with E-state index >= 15 is 0 Å². The highest BCUT2D eigenvalue weighted by Gasteiger charge is 2.30. The van der Waals surface area contributed by atoms with E-state index in [9.17, 15) is 5.26 Å². The third kappa shape index (κ3) is 3.26. The van der Waals surface area contributed by atoms with Crippen LogP contribution in [0.3, 0.4) is 0 Å². The molecule has 0 aliphatic carbocycles. The zero-order chi connectivity index (χ0) is 14.6. The Bertz CT molecular complexity index is 483. The highest BCUT2D eigenvalue weighted by atomic mass is 15.3. The number of hydrogen-bond acceptors (Lipinski definition) is 5. The van der Waals surface area contributed by atoms with Gasteiger partial charge in [0.1, 0.15) is 17.7 Å². The summed E-state index contributed by atoms with van der Waals surface area (Å²) >= 11 is 0. The van der Waals surface area contributed by atoms with Crippen molar-refractivity contribution in [3.63, 3.8) is 0 Å². The van der Waals surface area contributed by atoms with E-state index in [1.54, 1.807) is 6.33 Å². The van der Waals surface area contributed by atoms with Crippen LogP contribution in [0.15, 0.2) is 12.4 Å². The van der Waals surface area contributed by atoms with Crippen molar-refractivity contribution >= 4 is 5.82 Å². The van der Waals surface area contributed by atoms with Crippen LogP contribution in [0.25, 0.3) is 0 Å². The molecule has 2 rings (SSSR count). The van der Waals surface area contributed by atoms with Gasteiger partial charge in [-0.05, 0) is 20.3 Å². The molecule has 1 aliphatic heterocycles. The third-order valence-electron chi connectivity index (χ3n) is 3.88. The van der Waals surface area contributed by atoms with Crippen molar-refractivity contribution in [1.82, 2.24) is 14.9 Å². The van der Waals surface area contributed by atoms with Crippen molar-refractivity contribution in [3.8, 4) is 6.07 Å². The van der Waals surface area contributed by atoms with Gasteiger partial charge in [0.05, 0.1) is 6.07 Å². The summed E-state index contributed by atoms with van der Waals surface area (Å²) < 4.78 is 0. The van der Waals surface area contributed by atoms with Crippen molar-refractivity contribution < 1.29 is 0 Å². The molecule has 1 aliphatic rings. The van der Waals surface area contributed by atoms with Gasteiger partial charge in [0, 0.05) is 37.9 Å². The number of aromatic nitrogens is 2. The second kappa shape index (κ2) is 6.19. The first-order valence-electron chi connectivity index (χ1n) is 7.29. The third-order valence-corrected chi connectivity index (χ3v) is 3.88. The van der Waals surface area contributed by atoms with Gasteiger partial charge in [-0.3, -0.25) is 4.90 Å². The summed E-state index contributed by atoms with van der Waals surface area (Å²) in [6.45, 7) is 9.73. The van der Waals surface area contributed by atoms with Gasteiger partial charge in [-0.25, -0.2) is 9.97 Å². The number of rotatable bonds is 4. The Kier molecular flexibility index (Phi) is 4.56. The molecule has 0 saturated carbocycles. The molecule has 0 N–H and O–H groups in total. The van der Waals surface area contributed by atoms with Crippen molar-refractivity contribution in [1.29, 1.82) is 5.26 Å². The highest BCUT2D eigenvalue weighted by Crippen LogP contribution is 2.19. The minimum Gasteiger partial charge on any atom is -0.354 e. The molecule has 108 valence electrons. The summed E-state index contributed by atoms with van der Waals surface area (Å²) in [5.74, 6) is 1.01. The Morgan fingerprint density at radius 1 is 1.25 bits per heavy atom. The molecule has 1 aromatic heterocycles. The average Bonchev–Trinajstić information content (AvgIpc) is 2.48. The summed E-state index contributed by atoms with van der Waals surface area (Å²) in [4.78, 5) is 13.2. The molecule has 5 heteroatoms. The Morgan fingerprint density at radius 3 is 2.55 bits per heavy atom. The number of piperazine rings is 1. The molecule has 0 aromatic carbocycles. The maximum Gasteiger partial charge on any atom is 0.132 e. The molecule has 1 fully saturated rings. The summed E-state index contributed by atoms with van der Waals surface area (Å²) in [5.41, 5.74) is 0.725. The van der Waals surface area contributed by atoms with E-state index in [0.717, 1.165) is 50.5 Å². The van der Waals surface area contributed by atoms with E-state index in [1.807, 2.05) is 13.8 Å². The van der Waals surface area contributed by atoms with Crippen LogP contribution in [0.1, 0.15) is 32.9 Å². The maximum absolute atomic E-state index is 9.20. The van der Waals surface area contributed by atoms with E-state index in [4.69, 9.17) is 0 Å². The second-order valence-electron chi connectivity index (χ2n) is 5.76. The Hall–Kier alpha value is -1.67. The zero-order valence-electron chi connectivity index (χ0n) is 12.6. The molecule has 2 heterocycles. The number of nitrogens with zero attached hydrogens (tertiary/aromatic N) is 5. The predicted molar refractivity (Wildman–Crippen MR) is 79.5 cm³/mol. The SMILES string of the molecule is CCCc1cc(N2CCN(C(C)(C)C#N)CC2)ncn1. The molecule has 1 saturated heterocycles. The number of anilines is 1. The summed E-state index contributed by atoms with van der Waals surface area (Å²) in [6.07, 6.45) is 3.75. The lowest BCUT2D eigenvalue weighted by molar-refractivity contribution is 0.157. The van der Waals surface area contributed by atoms with Crippen molar-refractivity contribution in [3.05, 3.63) is 18.1 Å². The fraction of sp³-hybridized carbons (Fsp3) is 0.667. The highest BCUT2D eigenvalue weighted by molar-refractivity contribution is 5.39. The monoisotopic (exact) mass is 273 g/mol. The first-order valence-corrected chi connectivity index (χ1v) is 7.29. The largest absolute Gasteiger partial charge is 0.354 e. The van der Waals surface area contributed by atoms with Gasteiger partial charge in [-0.2, -0.15) is 5.26 Å². The van der Waals surface area contributed by atoms with Crippen LogP contribution in [0, 0.1) is 11.3 Å². The lowest BCUT2D eigenvalue weighted by Gasteiger charge is -2.40. The molecule has 0 atom stereocenters. The second-order valence-corrected chi connectivity index (χ2v) is 5.76. The lowest BCUT2D eigenvalue weighted by Crippen LogP contribution is -2.54. The van der Waals surface area contributed by atoms with E-state index in [1.165, 1.54) is 0 Å². The lowest BCUT2D eigenvalue weighted by atomic mass is 10.0. The topological polar surface area (TPSA) is 56.0 Å². The van der Waals surface area contributed by atoms with Crippen molar-refractivity contribution in [2.75, 3.05) is 31.1 Å². The van der Waals surface area contributed by atoms with Crippen LogP contribution in [0.2, 0.25) is 0 Å². The van der Waals surface area contributed by atoms with Crippen LogP contribution < -0.4 is 4.90 Å². The van der Waals surface area contributed by atoms with E-state index in [2.05, 4.69) is 38.8 Å². The minimum atomic E-state index is -0.384. The summed E-state index contributed by atoms with van der Waals surface area (Å²) in [6, 6.07) is 4.47. The molecule has 0 bridgehead atoms. The van der Waals surface area contributed by atoms with Crippen molar-refractivity contribution in [2.45, 2.75) is 39.2 Å². The van der Waals surface area contributed by atoms with E-state index < -0.39 is 0 Å². The van der Waals surface area contributed by atoms with Crippen LogP contribution in [-0.4, -0.2) is 46.6 Å². The summed E-state index contributed by atoms with van der Waals surface area (Å²) in [5, 5.41) is 9.20. The first kappa shape index (κ1) is 14.7. The van der Waals surface area contributed by atoms with Gasteiger partial charge < -0.3 is 4.90 Å². The Balaban J connectivity index is 2.00. The van der Waals surface area contributed by atoms with Gasteiger partial charge in [-0.1, -0.05) is 13.3 Å². The van der Waals surface area contributed by atoms with Gasteiger partial charge in [0.15, 0.2) is 0 Å². The molecule has 0 amide bonds. The Labute approximate surface area is 121 Å². The van der Waals surface area contributed by atoms with Crippen LogP contribution in [0.5, 0.6) is 0 Å². The van der Waals surface area contributed by atoms with Gasteiger partial charge in [0.25, 0.3) is 0 Å². The molecule has 20 heavy (non-hydrogen) atoms. The van der Waals surface area contributed by atoms with E-state index in [-0.39, 0.29) is 5.54 Å². The molecule has 0 unspecified atom stereocenters. The number of aryl methyl sites for hydroxylation is 1. The quantitative estimate of drug-likeness (QED) is 0.838. The molecule has 1 aromatic rings. The fourth-order valence-electron chi connectivity index (χ4n) is 2.52. The molecule has 5 nitrogen and oxygen atoms in total. The standard InChI is InChI=1S/C15H23N5/c1-4-5-13-10-14(18-12-17-13)19-6-8-20(9-7-19)15(2,3)11-16/h10,12H,4-9H2,1-3H3. The molecule has 0 radical (unpaired) electrons. The fourth-order valence-corrected chi connectivity index (χ4v) is 2.52. The number of nitriles is 1. The smallest absolute Gasteiger partial charge is 0.132 e. The average molecular weight is 273 g/mol. The molecule has 0 spiro atoms. The van der Waals surface area contributed by atoms with Crippen LogP contribution in [0.4, 0.5) is 5.82 Å². The molecular formula is C15H23N5. The summed E-state index contributed by atoms with van der Waals surface area (Å²) in [7, 11) is 0. The van der Waals surface area contributed by atoms with Gasteiger partial charge >= 0.3 is 0 Å². The van der Waals surface area contributed by atoms with Gasteiger partial charge in [-0.15, -0.1) is 0 Å². The normalized spacial score (nSPS) is 17.0. The maximum atomic E-state index is 9.20. The minimum absolute atomic E-state index is 0.384. The van der Waals surface area contributed by atoms with Gasteiger partial charge in [0.2, 0.25) is 0 Å². The van der Waals surface area contributed by atoms with Crippen LogP contribution in [-0.2, 0) is 6.42 Å². The predicted octanol–water partition coefficient (Wildman–Crippen LogP) is 1.85. The van der Waals surface area contributed by atoms with Crippen LogP contribution >= 0.6 is 0 Å². The Morgan fingerprint density at radius 2 is 1.95 bits per heavy atom. The van der Waals surface area contributed by atoms with Crippen molar-refractivity contribution in [2.24, 2.45) is 0 Å². The first-order chi connectivity index (χ1) is 9.56.